The van der Waals surface area contributed by atoms with E-state index in [1.54, 1.807) is 0 Å². The predicted molar refractivity (Wildman–Crippen MR) is 85.4 cm³/mol. The predicted octanol–water partition coefficient (Wildman–Crippen LogP) is 2.59. The van der Waals surface area contributed by atoms with E-state index in [9.17, 15) is 4.79 Å². The highest BCUT2D eigenvalue weighted by atomic mass is 32.2. The molecule has 21 heavy (non-hydrogen) atoms. The van der Waals surface area contributed by atoms with E-state index < -0.39 is 0 Å². The number of amides is 1. The van der Waals surface area contributed by atoms with E-state index in [0.29, 0.717) is 24.9 Å². The van der Waals surface area contributed by atoms with Crippen molar-refractivity contribution in [2.24, 2.45) is 5.92 Å². The molecular weight excluding hydrogens is 284 g/mol. The van der Waals surface area contributed by atoms with Crippen LogP contribution >= 0.6 is 11.8 Å². The second kappa shape index (κ2) is 7.11. The molecule has 116 valence electrons. The van der Waals surface area contributed by atoms with Gasteiger partial charge in [0, 0.05) is 19.0 Å². The largest absolute Gasteiger partial charge is 0.355 e. The first-order valence-corrected chi connectivity index (χ1v) is 8.39. The van der Waals surface area contributed by atoms with Crippen molar-refractivity contribution in [1.29, 1.82) is 0 Å². The Balaban J connectivity index is 2.01. The number of aromatic nitrogens is 3. The molecule has 1 atom stereocenters. The third-order valence-electron chi connectivity index (χ3n) is 3.34. The second-order valence-corrected chi connectivity index (χ2v) is 7.22. The van der Waals surface area contributed by atoms with Crippen LogP contribution in [-0.4, -0.2) is 32.5 Å². The first kappa shape index (κ1) is 16.1. The zero-order chi connectivity index (χ0) is 15.4. The molecule has 0 aromatic carbocycles. The maximum atomic E-state index is 12.1. The molecule has 0 spiro atoms. The Morgan fingerprint density at radius 2 is 2.19 bits per heavy atom. The van der Waals surface area contributed by atoms with Gasteiger partial charge in [0.25, 0.3) is 0 Å². The van der Waals surface area contributed by atoms with E-state index in [-0.39, 0.29) is 11.2 Å². The molecule has 2 rings (SSSR count). The van der Waals surface area contributed by atoms with Gasteiger partial charge in [-0.05, 0) is 25.7 Å². The van der Waals surface area contributed by atoms with Gasteiger partial charge in [-0.2, -0.15) is 0 Å². The van der Waals surface area contributed by atoms with Gasteiger partial charge in [-0.1, -0.05) is 31.7 Å². The number of thioether (sulfide) groups is 1. The summed E-state index contributed by atoms with van der Waals surface area (Å²) in [6.07, 6.45) is 4.22. The highest BCUT2D eigenvalue weighted by Crippen LogP contribution is 2.40. The second-order valence-electron chi connectivity index (χ2n) is 5.91. The van der Waals surface area contributed by atoms with Gasteiger partial charge in [0.2, 0.25) is 5.91 Å². The van der Waals surface area contributed by atoms with Crippen molar-refractivity contribution in [3.63, 3.8) is 0 Å². The topological polar surface area (TPSA) is 59.8 Å². The van der Waals surface area contributed by atoms with Crippen LogP contribution in [0.5, 0.6) is 0 Å². The summed E-state index contributed by atoms with van der Waals surface area (Å²) >= 11 is 1.47. The normalized spacial score (nSPS) is 16.0. The number of carbonyl (C=O) groups excluding carboxylic acids is 1. The third kappa shape index (κ3) is 4.33. The molecule has 0 aliphatic heterocycles. The van der Waals surface area contributed by atoms with E-state index in [1.165, 1.54) is 24.6 Å². The molecule has 0 bridgehead atoms. The Morgan fingerprint density at radius 3 is 2.76 bits per heavy atom. The molecule has 0 radical (unpaired) electrons. The number of nitrogens with one attached hydrogen (secondary N) is 1. The lowest BCUT2D eigenvalue weighted by Gasteiger charge is -2.13. The highest BCUT2D eigenvalue weighted by molar-refractivity contribution is 8.00. The number of carbonyl (C=O) groups is 1. The van der Waals surface area contributed by atoms with Crippen LogP contribution in [0.3, 0.4) is 0 Å². The summed E-state index contributed by atoms with van der Waals surface area (Å²) in [4.78, 5) is 12.1. The molecule has 5 nitrogen and oxygen atoms in total. The van der Waals surface area contributed by atoms with Crippen molar-refractivity contribution in [3.8, 4) is 0 Å². The molecule has 6 heteroatoms. The zero-order valence-corrected chi connectivity index (χ0v) is 13.8. The summed E-state index contributed by atoms with van der Waals surface area (Å²) in [6, 6.07) is 0. The average Bonchev–Trinajstić information content (AvgIpc) is 3.21. The van der Waals surface area contributed by atoms with Crippen LogP contribution < -0.4 is 5.32 Å². The SMILES string of the molecule is C=CCn1c(SC(C)C(=O)NCC(C)C)nnc1C1CC1. The summed E-state index contributed by atoms with van der Waals surface area (Å²) in [7, 11) is 0. The lowest BCUT2D eigenvalue weighted by molar-refractivity contribution is -0.120. The molecule has 1 fully saturated rings. The van der Waals surface area contributed by atoms with Gasteiger partial charge in [0.15, 0.2) is 5.16 Å². The molecule has 0 saturated heterocycles. The minimum atomic E-state index is -0.177. The van der Waals surface area contributed by atoms with Crippen LogP contribution in [0, 0.1) is 5.92 Å². The van der Waals surface area contributed by atoms with E-state index in [0.717, 1.165) is 11.0 Å². The highest BCUT2D eigenvalue weighted by Gasteiger charge is 2.30. The van der Waals surface area contributed by atoms with Crippen molar-refractivity contribution in [2.45, 2.75) is 56.5 Å². The molecule has 1 aliphatic carbocycles. The lowest BCUT2D eigenvalue weighted by Crippen LogP contribution is -2.33. The number of hydrogen-bond donors (Lipinski definition) is 1. The standard InChI is InChI=1S/C15H24N4OS/c1-5-8-19-13(12-6-7-12)17-18-15(19)21-11(4)14(20)16-9-10(2)3/h5,10-12H,1,6-9H2,2-4H3,(H,16,20). The van der Waals surface area contributed by atoms with E-state index >= 15 is 0 Å². The van der Waals surface area contributed by atoms with Crippen LogP contribution in [0.15, 0.2) is 17.8 Å². The maximum Gasteiger partial charge on any atom is 0.233 e. The first-order valence-electron chi connectivity index (χ1n) is 7.51. The van der Waals surface area contributed by atoms with E-state index in [2.05, 4.69) is 40.5 Å². The minimum Gasteiger partial charge on any atom is -0.355 e. The number of allylic oxidation sites excluding steroid dienone is 1. The number of hydrogen-bond acceptors (Lipinski definition) is 4. The van der Waals surface area contributed by atoms with Gasteiger partial charge in [0.1, 0.15) is 5.82 Å². The van der Waals surface area contributed by atoms with Crippen molar-refractivity contribution in [2.75, 3.05) is 6.54 Å². The molecular formula is C15H24N4OS. The number of nitrogens with zero attached hydrogens (tertiary/aromatic N) is 3. The van der Waals surface area contributed by atoms with E-state index in [1.807, 2.05) is 13.0 Å². The van der Waals surface area contributed by atoms with Crippen molar-refractivity contribution in [3.05, 3.63) is 18.5 Å². The molecule has 1 aromatic heterocycles. The van der Waals surface area contributed by atoms with Gasteiger partial charge in [-0.3, -0.25) is 4.79 Å². The monoisotopic (exact) mass is 308 g/mol. The van der Waals surface area contributed by atoms with Gasteiger partial charge in [-0.15, -0.1) is 16.8 Å². The van der Waals surface area contributed by atoms with Crippen LogP contribution in [0.2, 0.25) is 0 Å². The summed E-state index contributed by atoms with van der Waals surface area (Å²) in [5.74, 6) is 2.08. The molecule has 1 heterocycles. The summed E-state index contributed by atoms with van der Waals surface area (Å²) in [5, 5.41) is 12.1. The molecule has 1 N–H and O–H groups in total. The fourth-order valence-corrected chi connectivity index (χ4v) is 2.88. The van der Waals surface area contributed by atoms with Gasteiger partial charge in [-0.25, -0.2) is 0 Å². The summed E-state index contributed by atoms with van der Waals surface area (Å²) in [6.45, 7) is 11.3. The lowest BCUT2D eigenvalue weighted by atomic mass is 10.2. The maximum absolute atomic E-state index is 12.1. The number of rotatable bonds is 8. The summed E-state index contributed by atoms with van der Waals surface area (Å²) < 4.78 is 2.08. The van der Waals surface area contributed by atoms with E-state index in [4.69, 9.17) is 0 Å². The van der Waals surface area contributed by atoms with Crippen LogP contribution in [0.25, 0.3) is 0 Å². The van der Waals surface area contributed by atoms with Crippen LogP contribution in [0.1, 0.15) is 45.4 Å². The third-order valence-corrected chi connectivity index (χ3v) is 4.42. The van der Waals surface area contributed by atoms with Crippen LogP contribution in [0.4, 0.5) is 0 Å². The Morgan fingerprint density at radius 1 is 1.48 bits per heavy atom. The van der Waals surface area contributed by atoms with Crippen LogP contribution in [-0.2, 0) is 11.3 Å². The molecule has 1 saturated carbocycles. The Labute approximate surface area is 130 Å². The smallest absolute Gasteiger partial charge is 0.233 e. The molecule has 1 unspecified atom stereocenters. The van der Waals surface area contributed by atoms with Crippen molar-refractivity contribution >= 4 is 17.7 Å². The Bertz CT molecular complexity index is 508. The molecule has 1 amide bonds. The van der Waals surface area contributed by atoms with Crippen molar-refractivity contribution < 1.29 is 4.79 Å². The summed E-state index contributed by atoms with van der Waals surface area (Å²) in [5.41, 5.74) is 0. The zero-order valence-electron chi connectivity index (χ0n) is 13.0. The molecule has 1 aliphatic rings. The van der Waals surface area contributed by atoms with Gasteiger partial charge < -0.3 is 9.88 Å². The van der Waals surface area contributed by atoms with Gasteiger partial charge in [0.05, 0.1) is 5.25 Å². The fourth-order valence-electron chi connectivity index (χ4n) is 1.99. The average molecular weight is 308 g/mol. The first-order chi connectivity index (χ1) is 10.0. The minimum absolute atomic E-state index is 0.0508. The fraction of sp³-hybridized carbons (Fsp3) is 0.667. The molecule has 1 aromatic rings. The Hall–Kier alpha value is -1.30. The Kier molecular flexibility index (Phi) is 5.45. The van der Waals surface area contributed by atoms with Crippen molar-refractivity contribution in [1.82, 2.24) is 20.1 Å². The quantitative estimate of drug-likeness (QED) is 0.592. The van der Waals surface area contributed by atoms with Gasteiger partial charge >= 0.3 is 0 Å².